The molecular formula is C15H23NO. The number of aliphatic hydroxyl groups is 1. The smallest absolute Gasteiger partial charge is 0.0564 e. The molecule has 0 spiro atoms. The Morgan fingerprint density at radius 1 is 1.12 bits per heavy atom. The van der Waals surface area contributed by atoms with E-state index in [2.05, 4.69) is 49.9 Å². The molecule has 0 saturated carbocycles. The standard InChI is InChI=1S/C15H23NO/c1-12-4-6-13(7-5-12)15(2,3)16-10-8-14(17)9-11-16/h4-7,14,17H,8-11H2,1-3H3. The Balaban J connectivity index is 2.15. The number of hydrogen-bond acceptors (Lipinski definition) is 2. The number of benzene rings is 1. The van der Waals surface area contributed by atoms with Gasteiger partial charge in [0.25, 0.3) is 0 Å². The summed E-state index contributed by atoms with van der Waals surface area (Å²) < 4.78 is 0. The van der Waals surface area contributed by atoms with Gasteiger partial charge in [0.05, 0.1) is 6.10 Å². The highest BCUT2D eigenvalue weighted by atomic mass is 16.3. The van der Waals surface area contributed by atoms with Crippen molar-refractivity contribution in [3.05, 3.63) is 35.4 Å². The molecule has 1 aliphatic rings. The summed E-state index contributed by atoms with van der Waals surface area (Å²) in [7, 11) is 0. The highest BCUT2D eigenvalue weighted by Crippen LogP contribution is 2.30. The van der Waals surface area contributed by atoms with E-state index in [0.29, 0.717) is 0 Å². The van der Waals surface area contributed by atoms with E-state index >= 15 is 0 Å². The molecule has 94 valence electrons. The molecule has 0 aromatic heterocycles. The molecule has 1 heterocycles. The first-order chi connectivity index (χ1) is 8.00. The number of rotatable bonds is 2. The van der Waals surface area contributed by atoms with Crippen molar-refractivity contribution in [3.63, 3.8) is 0 Å². The van der Waals surface area contributed by atoms with Crippen molar-refractivity contribution in [1.82, 2.24) is 4.90 Å². The number of aryl methyl sites for hydroxylation is 1. The van der Waals surface area contributed by atoms with E-state index in [1.807, 2.05) is 0 Å². The van der Waals surface area contributed by atoms with Crippen LogP contribution in [0.2, 0.25) is 0 Å². The summed E-state index contributed by atoms with van der Waals surface area (Å²) in [6.07, 6.45) is 1.70. The molecule has 2 rings (SSSR count). The van der Waals surface area contributed by atoms with Gasteiger partial charge < -0.3 is 5.11 Å². The summed E-state index contributed by atoms with van der Waals surface area (Å²) in [6.45, 7) is 8.64. The fraction of sp³-hybridized carbons (Fsp3) is 0.600. The summed E-state index contributed by atoms with van der Waals surface area (Å²) in [4.78, 5) is 2.48. The van der Waals surface area contributed by atoms with E-state index in [-0.39, 0.29) is 11.6 Å². The van der Waals surface area contributed by atoms with Crippen LogP contribution in [0.25, 0.3) is 0 Å². The summed E-state index contributed by atoms with van der Waals surface area (Å²) in [5.41, 5.74) is 2.73. The fourth-order valence-electron chi connectivity index (χ4n) is 2.57. The highest BCUT2D eigenvalue weighted by Gasteiger charge is 2.31. The van der Waals surface area contributed by atoms with Crippen LogP contribution in [0.3, 0.4) is 0 Å². The first-order valence-corrected chi connectivity index (χ1v) is 6.50. The molecule has 0 atom stereocenters. The van der Waals surface area contributed by atoms with Gasteiger partial charge in [-0.2, -0.15) is 0 Å². The lowest BCUT2D eigenvalue weighted by molar-refractivity contribution is 0.0288. The third-order valence-electron chi connectivity index (χ3n) is 4.01. The van der Waals surface area contributed by atoms with E-state index in [1.165, 1.54) is 11.1 Å². The zero-order valence-corrected chi connectivity index (χ0v) is 11.1. The minimum atomic E-state index is -0.0972. The van der Waals surface area contributed by atoms with Gasteiger partial charge in [0.15, 0.2) is 0 Å². The van der Waals surface area contributed by atoms with Crippen LogP contribution in [-0.4, -0.2) is 29.2 Å². The zero-order chi connectivity index (χ0) is 12.5. The molecule has 0 bridgehead atoms. The Morgan fingerprint density at radius 2 is 1.65 bits per heavy atom. The molecule has 1 saturated heterocycles. The average molecular weight is 233 g/mol. The number of hydrogen-bond donors (Lipinski definition) is 1. The molecule has 0 aliphatic carbocycles. The van der Waals surface area contributed by atoms with Crippen molar-refractivity contribution in [2.75, 3.05) is 13.1 Å². The lowest BCUT2D eigenvalue weighted by atomic mass is 9.89. The predicted molar refractivity (Wildman–Crippen MR) is 71.0 cm³/mol. The van der Waals surface area contributed by atoms with Crippen molar-refractivity contribution >= 4 is 0 Å². The van der Waals surface area contributed by atoms with E-state index in [0.717, 1.165) is 25.9 Å². The number of likely N-dealkylation sites (tertiary alicyclic amines) is 1. The summed E-state index contributed by atoms with van der Waals surface area (Å²) >= 11 is 0. The SMILES string of the molecule is Cc1ccc(C(C)(C)N2CCC(O)CC2)cc1. The Hall–Kier alpha value is -0.860. The maximum atomic E-state index is 9.57. The molecule has 2 heteroatoms. The third kappa shape index (κ3) is 2.70. The predicted octanol–water partition coefficient (Wildman–Crippen LogP) is 2.69. The average Bonchev–Trinajstić information content (AvgIpc) is 2.30. The van der Waals surface area contributed by atoms with Crippen LogP contribution < -0.4 is 0 Å². The van der Waals surface area contributed by atoms with Crippen LogP contribution in [-0.2, 0) is 5.54 Å². The molecule has 1 N–H and O–H groups in total. The minimum Gasteiger partial charge on any atom is -0.393 e. The Morgan fingerprint density at radius 3 is 2.18 bits per heavy atom. The monoisotopic (exact) mass is 233 g/mol. The molecule has 1 fully saturated rings. The normalized spacial score (nSPS) is 19.5. The van der Waals surface area contributed by atoms with Gasteiger partial charge in [-0.25, -0.2) is 0 Å². The van der Waals surface area contributed by atoms with Gasteiger partial charge in [0, 0.05) is 18.6 Å². The van der Waals surface area contributed by atoms with Crippen molar-refractivity contribution in [2.45, 2.75) is 45.3 Å². The fourth-order valence-corrected chi connectivity index (χ4v) is 2.57. The first kappa shape index (κ1) is 12.6. The Bertz CT molecular complexity index is 361. The second-order valence-electron chi connectivity index (χ2n) is 5.64. The molecule has 1 aliphatic heterocycles. The van der Waals surface area contributed by atoms with Gasteiger partial charge >= 0.3 is 0 Å². The summed E-state index contributed by atoms with van der Waals surface area (Å²) in [6, 6.07) is 8.80. The van der Waals surface area contributed by atoms with Crippen molar-refractivity contribution in [3.8, 4) is 0 Å². The molecule has 17 heavy (non-hydrogen) atoms. The Kier molecular flexibility index (Phi) is 3.55. The van der Waals surface area contributed by atoms with Gasteiger partial charge in [-0.1, -0.05) is 29.8 Å². The molecule has 2 nitrogen and oxygen atoms in total. The van der Waals surface area contributed by atoms with Crippen LogP contribution in [0, 0.1) is 6.92 Å². The number of nitrogens with zero attached hydrogens (tertiary/aromatic N) is 1. The second kappa shape index (κ2) is 4.79. The van der Waals surface area contributed by atoms with E-state index in [4.69, 9.17) is 0 Å². The molecule has 1 aromatic carbocycles. The van der Waals surface area contributed by atoms with Crippen LogP contribution in [0.1, 0.15) is 37.8 Å². The van der Waals surface area contributed by atoms with Gasteiger partial charge in [0.2, 0.25) is 0 Å². The Labute approximate surface area is 104 Å². The number of piperidine rings is 1. The second-order valence-corrected chi connectivity index (χ2v) is 5.64. The maximum absolute atomic E-state index is 9.57. The van der Waals surface area contributed by atoms with Crippen molar-refractivity contribution in [2.24, 2.45) is 0 Å². The van der Waals surface area contributed by atoms with Crippen LogP contribution >= 0.6 is 0 Å². The maximum Gasteiger partial charge on any atom is 0.0564 e. The third-order valence-corrected chi connectivity index (χ3v) is 4.01. The summed E-state index contributed by atoms with van der Waals surface area (Å²) in [5, 5.41) is 9.57. The van der Waals surface area contributed by atoms with Gasteiger partial charge in [0.1, 0.15) is 0 Å². The van der Waals surface area contributed by atoms with Crippen molar-refractivity contribution < 1.29 is 5.11 Å². The lowest BCUT2D eigenvalue weighted by Crippen LogP contribution is -2.47. The quantitative estimate of drug-likeness (QED) is 0.849. The minimum absolute atomic E-state index is 0.0633. The van der Waals surface area contributed by atoms with E-state index in [1.54, 1.807) is 0 Å². The lowest BCUT2D eigenvalue weighted by Gasteiger charge is -2.42. The van der Waals surface area contributed by atoms with Gasteiger partial charge in [-0.05, 0) is 39.2 Å². The van der Waals surface area contributed by atoms with Gasteiger partial charge in [-0.15, -0.1) is 0 Å². The van der Waals surface area contributed by atoms with E-state index in [9.17, 15) is 5.11 Å². The highest BCUT2D eigenvalue weighted by molar-refractivity contribution is 5.27. The van der Waals surface area contributed by atoms with Crippen LogP contribution in [0.5, 0.6) is 0 Å². The topological polar surface area (TPSA) is 23.5 Å². The molecular weight excluding hydrogens is 210 g/mol. The summed E-state index contributed by atoms with van der Waals surface area (Å²) in [5.74, 6) is 0. The number of aliphatic hydroxyl groups excluding tert-OH is 1. The van der Waals surface area contributed by atoms with E-state index < -0.39 is 0 Å². The molecule has 0 amide bonds. The van der Waals surface area contributed by atoms with Crippen molar-refractivity contribution in [1.29, 1.82) is 0 Å². The molecule has 1 aromatic rings. The van der Waals surface area contributed by atoms with Crippen LogP contribution in [0.4, 0.5) is 0 Å². The van der Waals surface area contributed by atoms with Crippen LogP contribution in [0.15, 0.2) is 24.3 Å². The molecule has 0 radical (unpaired) electrons. The molecule has 0 unspecified atom stereocenters. The first-order valence-electron chi connectivity index (χ1n) is 6.50. The zero-order valence-electron chi connectivity index (χ0n) is 11.1. The largest absolute Gasteiger partial charge is 0.393 e. The van der Waals surface area contributed by atoms with Gasteiger partial charge in [-0.3, -0.25) is 4.90 Å².